The van der Waals surface area contributed by atoms with Crippen LogP contribution in [0.15, 0.2) is 12.1 Å². The standard InChI is InChI=1S/C19H24N6/c1-24(18-9-13-5-2-3-7-16(13)20-22-18)15-11-25(12-15)19-10-14-6-4-8-17(14)21-23-19/h9-10,15H,2-8,11-12H2,1H3. The summed E-state index contributed by atoms with van der Waals surface area (Å²) in [6.45, 7) is 1.95. The van der Waals surface area contributed by atoms with Crippen LogP contribution in [0.1, 0.15) is 41.8 Å². The van der Waals surface area contributed by atoms with E-state index in [1.165, 1.54) is 41.8 Å². The molecular weight excluding hydrogens is 312 g/mol. The van der Waals surface area contributed by atoms with Crippen molar-refractivity contribution in [1.29, 1.82) is 0 Å². The molecule has 1 saturated heterocycles. The molecule has 6 heteroatoms. The van der Waals surface area contributed by atoms with Crippen molar-refractivity contribution in [2.45, 2.75) is 51.0 Å². The minimum Gasteiger partial charge on any atom is -0.352 e. The average molecular weight is 336 g/mol. The van der Waals surface area contributed by atoms with E-state index in [1.54, 1.807) is 0 Å². The summed E-state index contributed by atoms with van der Waals surface area (Å²) in [6, 6.07) is 4.95. The molecule has 0 bridgehead atoms. The highest BCUT2D eigenvalue weighted by Gasteiger charge is 2.33. The van der Waals surface area contributed by atoms with Gasteiger partial charge in [0.15, 0.2) is 11.6 Å². The lowest BCUT2D eigenvalue weighted by molar-refractivity contribution is 0.485. The Morgan fingerprint density at radius 1 is 0.840 bits per heavy atom. The summed E-state index contributed by atoms with van der Waals surface area (Å²) < 4.78 is 0. The second-order valence-corrected chi connectivity index (χ2v) is 7.58. The van der Waals surface area contributed by atoms with Gasteiger partial charge in [-0.25, -0.2) is 0 Å². The third-order valence-electron chi connectivity index (χ3n) is 5.96. The first-order chi connectivity index (χ1) is 12.3. The quantitative estimate of drug-likeness (QED) is 0.854. The van der Waals surface area contributed by atoms with Gasteiger partial charge in [0, 0.05) is 20.1 Å². The Hall–Kier alpha value is -2.24. The fraction of sp³-hybridized carbons (Fsp3) is 0.579. The zero-order chi connectivity index (χ0) is 16.8. The number of anilines is 2. The zero-order valence-electron chi connectivity index (χ0n) is 14.8. The first kappa shape index (κ1) is 15.0. The van der Waals surface area contributed by atoms with E-state index in [9.17, 15) is 0 Å². The molecule has 6 nitrogen and oxygen atoms in total. The Morgan fingerprint density at radius 3 is 2.40 bits per heavy atom. The van der Waals surface area contributed by atoms with Crippen LogP contribution in [0, 0.1) is 0 Å². The molecule has 2 aromatic heterocycles. The molecule has 5 rings (SSSR count). The molecule has 3 aliphatic rings. The number of aryl methyl sites for hydroxylation is 4. The van der Waals surface area contributed by atoms with Gasteiger partial charge in [-0.05, 0) is 68.2 Å². The second kappa shape index (κ2) is 5.93. The van der Waals surface area contributed by atoms with Crippen LogP contribution in [0.2, 0.25) is 0 Å². The summed E-state index contributed by atoms with van der Waals surface area (Å²) in [5.41, 5.74) is 5.18. The maximum Gasteiger partial charge on any atom is 0.151 e. The van der Waals surface area contributed by atoms with Crippen molar-refractivity contribution in [2.75, 3.05) is 29.9 Å². The highest BCUT2D eigenvalue weighted by atomic mass is 15.4. The summed E-state index contributed by atoms with van der Waals surface area (Å²) in [5, 5.41) is 17.8. The Bertz CT molecular complexity index is 798. The molecule has 0 unspecified atom stereocenters. The fourth-order valence-electron chi connectivity index (χ4n) is 4.20. The predicted molar refractivity (Wildman–Crippen MR) is 97.1 cm³/mol. The van der Waals surface area contributed by atoms with Crippen LogP contribution in [0.25, 0.3) is 0 Å². The smallest absolute Gasteiger partial charge is 0.151 e. The van der Waals surface area contributed by atoms with Crippen LogP contribution < -0.4 is 9.80 Å². The molecule has 1 aliphatic heterocycles. The molecular formula is C19H24N6. The monoisotopic (exact) mass is 336 g/mol. The minimum absolute atomic E-state index is 0.464. The molecule has 25 heavy (non-hydrogen) atoms. The van der Waals surface area contributed by atoms with Gasteiger partial charge in [0.2, 0.25) is 0 Å². The number of aromatic nitrogens is 4. The molecule has 3 heterocycles. The number of likely N-dealkylation sites (N-methyl/N-ethyl adjacent to an activating group) is 1. The van der Waals surface area contributed by atoms with E-state index >= 15 is 0 Å². The number of fused-ring (bicyclic) bond motifs is 2. The van der Waals surface area contributed by atoms with Crippen LogP contribution in [0.3, 0.4) is 0 Å². The lowest BCUT2D eigenvalue weighted by Gasteiger charge is -2.44. The fourth-order valence-corrected chi connectivity index (χ4v) is 4.20. The molecule has 2 aromatic rings. The lowest BCUT2D eigenvalue weighted by atomic mass is 9.96. The predicted octanol–water partition coefficient (Wildman–Crippen LogP) is 1.96. The van der Waals surface area contributed by atoms with Crippen LogP contribution in [0.4, 0.5) is 11.6 Å². The topological polar surface area (TPSA) is 58.0 Å². The van der Waals surface area contributed by atoms with Crippen LogP contribution in [-0.4, -0.2) is 46.6 Å². The Balaban J connectivity index is 1.27. The van der Waals surface area contributed by atoms with E-state index in [1.807, 2.05) is 0 Å². The van der Waals surface area contributed by atoms with E-state index in [-0.39, 0.29) is 0 Å². The highest BCUT2D eigenvalue weighted by molar-refractivity contribution is 5.50. The van der Waals surface area contributed by atoms with E-state index in [0.29, 0.717) is 6.04 Å². The molecule has 2 aliphatic carbocycles. The van der Waals surface area contributed by atoms with Gasteiger partial charge in [-0.1, -0.05) is 0 Å². The Morgan fingerprint density at radius 2 is 1.52 bits per heavy atom. The van der Waals surface area contributed by atoms with Crippen molar-refractivity contribution in [3.05, 3.63) is 34.6 Å². The summed E-state index contributed by atoms with van der Waals surface area (Å²) in [4.78, 5) is 4.60. The molecule has 1 fully saturated rings. The Kier molecular flexibility index (Phi) is 3.57. The summed E-state index contributed by atoms with van der Waals surface area (Å²) in [7, 11) is 2.13. The van der Waals surface area contributed by atoms with Crippen LogP contribution in [0.5, 0.6) is 0 Å². The number of nitrogens with zero attached hydrogens (tertiary/aromatic N) is 6. The van der Waals surface area contributed by atoms with Gasteiger partial charge in [0.25, 0.3) is 0 Å². The summed E-state index contributed by atoms with van der Waals surface area (Å²) in [5.74, 6) is 2.03. The van der Waals surface area contributed by atoms with Crippen LogP contribution >= 0.6 is 0 Å². The maximum atomic E-state index is 4.47. The summed E-state index contributed by atoms with van der Waals surface area (Å²) in [6.07, 6.45) is 8.21. The number of hydrogen-bond donors (Lipinski definition) is 0. The third kappa shape index (κ3) is 2.64. The van der Waals surface area contributed by atoms with Crippen LogP contribution in [-0.2, 0) is 25.7 Å². The van der Waals surface area contributed by atoms with E-state index in [2.05, 4.69) is 49.4 Å². The van der Waals surface area contributed by atoms with Gasteiger partial charge >= 0.3 is 0 Å². The zero-order valence-corrected chi connectivity index (χ0v) is 14.8. The van der Waals surface area contributed by atoms with Gasteiger partial charge in [-0.2, -0.15) is 10.2 Å². The number of hydrogen-bond acceptors (Lipinski definition) is 6. The van der Waals surface area contributed by atoms with Crippen molar-refractivity contribution >= 4 is 11.6 Å². The molecule has 0 atom stereocenters. The normalized spacial score (nSPS) is 19.3. The van der Waals surface area contributed by atoms with Crippen molar-refractivity contribution in [3.63, 3.8) is 0 Å². The van der Waals surface area contributed by atoms with Gasteiger partial charge in [0.05, 0.1) is 17.4 Å². The first-order valence-electron chi connectivity index (χ1n) is 9.46. The van der Waals surface area contributed by atoms with Gasteiger partial charge in [-0.3, -0.25) is 0 Å². The molecule has 0 saturated carbocycles. The van der Waals surface area contributed by atoms with Crippen molar-refractivity contribution in [1.82, 2.24) is 20.4 Å². The van der Waals surface area contributed by atoms with Gasteiger partial charge < -0.3 is 9.80 Å². The molecule has 0 radical (unpaired) electrons. The van der Waals surface area contributed by atoms with E-state index < -0.39 is 0 Å². The molecule has 0 aromatic carbocycles. The second-order valence-electron chi connectivity index (χ2n) is 7.58. The third-order valence-corrected chi connectivity index (χ3v) is 5.96. The minimum atomic E-state index is 0.464. The highest BCUT2D eigenvalue weighted by Crippen LogP contribution is 2.28. The van der Waals surface area contributed by atoms with Gasteiger partial charge in [-0.15, -0.1) is 10.2 Å². The van der Waals surface area contributed by atoms with Crippen molar-refractivity contribution in [3.8, 4) is 0 Å². The van der Waals surface area contributed by atoms with Gasteiger partial charge in [0.1, 0.15) is 0 Å². The Labute approximate surface area is 148 Å². The molecule has 0 amide bonds. The summed E-state index contributed by atoms with van der Waals surface area (Å²) >= 11 is 0. The average Bonchev–Trinajstić information content (AvgIpc) is 3.08. The largest absolute Gasteiger partial charge is 0.352 e. The van der Waals surface area contributed by atoms with E-state index in [4.69, 9.17) is 0 Å². The molecule has 130 valence electrons. The molecule has 0 N–H and O–H groups in total. The number of rotatable bonds is 3. The maximum absolute atomic E-state index is 4.47. The first-order valence-corrected chi connectivity index (χ1v) is 9.46. The lowest BCUT2D eigenvalue weighted by Crippen LogP contribution is -2.59. The van der Waals surface area contributed by atoms with Crippen molar-refractivity contribution < 1.29 is 0 Å². The van der Waals surface area contributed by atoms with Crippen molar-refractivity contribution in [2.24, 2.45) is 0 Å². The SMILES string of the molecule is CN(c1cc2c(nn1)CCCC2)C1CN(c2cc3c(nn2)CCC3)C1. The van der Waals surface area contributed by atoms with E-state index in [0.717, 1.165) is 50.4 Å². The molecule has 0 spiro atoms.